The molecule has 0 fully saturated rings. The molecule has 1 heterocycles. The number of nitrogens with zero attached hydrogens (tertiary/aromatic N) is 1. The van der Waals surface area contributed by atoms with Crippen LogP contribution in [0.2, 0.25) is 0 Å². The molecule has 1 aromatic rings. The summed E-state index contributed by atoms with van der Waals surface area (Å²) in [7, 11) is 0. The molecule has 0 spiro atoms. The maximum Gasteiger partial charge on any atom is 0.266 e. The molecule has 0 unspecified atom stereocenters. The number of aliphatic hydroxyl groups is 2. The van der Waals surface area contributed by atoms with Crippen LogP contribution in [0.4, 0.5) is 0 Å². The molecule has 5 nitrogen and oxygen atoms in total. The fourth-order valence-corrected chi connectivity index (χ4v) is 1.38. The highest BCUT2D eigenvalue weighted by Crippen LogP contribution is 2.38. The molecule has 92 valence electrons. The van der Waals surface area contributed by atoms with Crippen molar-refractivity contribution in [2.75, 3.05) is 0 Å². The molecule has 5 heteroatoms. The zero-order valence-corrected chi connectivity index (χ0v) is 10.1. The van der Waals surface area contributed by atoms with Gasteiger partial charge in [-0.25, -0.2) is 0 Å². The Hall–Kier alpha value is -1.64. The molecule has 0 bridgehead atoms. The number of aromatic amines is 1. The summed E-state index contributed by atoms with van der Waals surface area (Å²) < 4.78 is 0. The Labute approximate surface area is 99.3 Å². The summed E-state index contributed by atoms with van der Waals surface area (Å²) in [4.78, 5) is 13.8. The van der Waals surface area contributed by atoms with Gasteiger partial charge in [-0.15, -0.1) is 0 Å². The van der Waals surface area contributed by atoms with E-state index in [-0.39, 0.29) is 11.3 Å². The first-order valence-corrected chi connectivity index (χ1v) is 5.35. The summed E-state index contributed by atoms with van der Waals surface area (Å²) in [6.45, 7) is 5.19. The third kappa shape index (κ3) is 2.23. The van der Waals surface area contributed by atoms with Gasteiger partial charge in [0, 0.05) is 5.41 Å². The molecule has 0 aliphatic rings. The Balaban J connectivity index is 3.31. The molecule has 1 rings (SSSR count). The van der Waals surface area contributed by atoms with Crippen LogP contribution in [0.3, 0.4) is 0 Å². The highest BCUT2D eigenvalue weighted by molar-refractivity contribution is 5.28. The number of nitriles is 1. The van der Waals surface area contributed by atoms with Gasteiger partial charge in [-0.2, -0.15) is 5.26 Å². The Morgan fingerprint density at radius 2 is 2.00 bits per heavy atom. The van der Waals surface area contributed by atoms with Gasteiger partial charge < -0.3 is 15.2 Å². The molecule has 0 aromatic carbocycles. The van der Waals surface area contributed by atoms with Crippen LogP contribution in [0.5, 0.6) is 0 Å². The Morgan fingerprint density at radius 3 is 2.41 bits per heavy atom. The van der Waals surface area contributed by atoms with E-state index < -0.39 is 16.8 Å². The quantitative estimate of drug-likeness (QED) is 0.677. The van der Waals surface area contributed by atoms with Crippen molar-refractivity contribution in [2.45, 2.75) is 33.0 Å². The van der Waals surface area contributed by atoms with Gasteiger partial charge in [0.05, 0.1) is 5.69 Å². The predicted molar refractivity (Wildman–Crippen MR) is 62.0 cm³/mol. The molecule has 0 atom stereocenters. The third-order valence-corrected chi connectivity index (χ3v) is 3.23. The molecule has 0 aliphatic carbocycles. The molecule has 0 saturated heterocycles. The maximum absolute atomic E-state index is 11.4. The second kappa shape index (κ2) is 4.32. The van der Waals surface area contributed by atoms with E-state index in [4.69, 9.17) is 5.26 Å². The van der Waals surface area contributed by atoms with E-state index in [0.29, 0.717) is 6.42 Å². The van der Waals surface area contributed by atoms with E-state index in [2.05, 4.69) is 4.98 Å². The molecule has 0 radical (unpaired) electrons. The van der Waals surface area contributed by atoms with E-state index in [1.165, 1.54) is 12.1 Å². The summed E-state index contributed by atoms with van der Waals surface area (Å²) in [6, 6.07) is 4.34. The maximum atomic E-state index is 11.4. The number of hydrogen-bond acceptors (Lipinski definition) is 4. The SMILES string of the molecule is CCC(C)(C)C(O)(O)c1ccc(C#N)c(=O)[nH]1. The second-order valence-electron chi connectivity index (χ2n) is 4.64. The van der Waals surface area contributed by atoms with Crippen LogP contribution in [-0.4, -0.2) is 15.2 Å². The number of pyridine rings is 1. The van der Waals surface area contributed by atoms with Gasteiger partial charge in [0.25, 0.3) is 5.56 Å². The van der Waals surface area contributed by atoms with E-state index >= 15 is 0 Å². The normalized spacial score (nSPS) is 12.2. The standard InChI is InChI=1S/C12H16N2O3/c1-4-11(2,3)12(16,17)9-6-5-8(7-13)10(15)14-9/h5-6,16-17H,4H2,1-3H3,(H,14,15). The third-order valence-electron chi connectivity index (χ3n) is 3.23. The van der Waals surface area contributed by atoms with Crippen molar-refractivity contribution in [3.8, 4) is 6.07 Å². The van der Waals surface area contributed by atoms with Crippen LogP contribution < -0.4 is 5.56 Å². The van der Waals surface area contributed by atoms with Crippen molar-refractivity contribution in [1.29, 1.82) is 5.26 Å². The summed E-state index contributed by atoms with van der Waals surface area (Å²) in [5.41, 5.74) is -1.50. The van der Waals surface area contributed by atoms with Crippen LogP contribution in [0.15, 0.2) is 16.9 Å². The summed E-state index contributed by atoms with van der Waals surface area (Å²) >= 11 is 0. The first-order chi connectivity index (χ1) is 7.76. The summed E-state index contributed by atoms with van der Waals surface area (Å²) in [6.07, 6.45) is 0.516. The van der Waals surface area contributed by atoms with Gasteiger partial charge in [0.1, 0.15) is 11.6 Å². The predicted octanol–water partition coefficient (Wildman–Crippen LogP) is 0.820. The van der Waals surface area contributed by atoms with Crippen molar-refractivity contribution in [1.82, 2.24) is 4.98 Å². The van der Waals surface area contributed by atoms with Crippen molar-refractivity contribution in [3.05, 3.63) is 33.7 Å². The topological polar surface area (TPSA) is 97.1 Å². The average molecular weight is 236 g/mol. The van der Waals surface area contributed by atoms with Crippen LogP contribution in [0.25, 0.3) is 0 Å². The van der Waals surface area contributed by atoms with Gasteiger partial charge in [0.2, 0.25) is 5.79 Å². The minimum Gasteiger partial charge on any atom is -0.360 e. The number of H-pyrrole nitrogens is 1. The highest BCUT2D eigenvalue weighted by Gasteiger charge is 2.43. The van der Waals surface area contributed by atoms with Gasteiger partial charge in [-0.05, 0) is 18.6 Å². The first-order valence-electron chi connectivity index (χ1n) is 5.35. The molecule has 0 amide bonds. The van der Waals surface area contributed by atoms with Gasteiger partial charge in [0.15, 0.2) is 0 Å². The fraction of sp³-hybridized carbons (Fsp3) is 0.500. The Kier molecular flexibility index (Phi) is 3.41. The number of hydrogen-bond donors (Lipinski definition) is 3. The molecule has 0 aliphatic heterocycles. The monoisotopic (exact) mass is 236 g/mol. The van der Waals surface area contributed by atoms with E-state index in [1.54, 1.807) is 19.9 Å². The smallest absolute Gasteiger partial charge is 0.266 e. The van der Waals surface area contributed by atoms with Crippen LogP contribution in [0, 0.1) is 16.7 Å². The first kappa shape index (κ1) is 13.4. The van der Waals surface area contributed by atoms with E-state index in [0.717, 1.165) is 0 Å². The van der Waals surface area contributed by atoms with Crippen LogP contribution in [-0.2, 0) is 5.79 Å². The lowest BCUT2D eigenvalue weighted by Gasteiger charge is -2.37. The molecular weight excluding hydrogens is 220 g/mol. The van der Waals surface area contributed by atoms with Gasteiger partial charge in [-0.1, -0.05) is 20.8 Å². The Bertz CT molecular complexity index is 509. The number of aromatic nitrogens is 1. The zero-order chi connectivity index (χ0) is 13.3. The minimum absolute atomic E-state index is 0.00616. The molecule has 0 saturated carbocycles. The van der Waals surface area contributed by atoms with Gasteiger partial charge >= 0.3 is 0 Å². The minimum atomic E-state index is -2.14. The lowest BCUT2D eigenvalue weighted by atomic mass is 9.79. The van der Waals surface area contributed by atoms with Crippen molar-refractivity contribution >= 4 is 0 Å². The van der Waals surface area contributed by atoms with E-state index in [9.17, 15) is 15.0 Å². The van der Waals surface area contributed by atoms with Crippen LogP contribution >= 0.6 is 0 Å². The van der Waals surface area contributed by atoms with E-state index in [1.807, 2.05) is 6.92 Å². The lowest BCUT2D eigenvalue weighted by Crippen LogP contribution is -2.43. The largest absolute Gasteiger partial charge is 0.360 e. The van der Waals surface area contributed by atoms with Crippen molar-refractivity contribution in [2.24, 2.45) is 5.41 Å². The number of rotatable bonds is 3. The summed E-state index contributed by atoms with van der Waals surface area (Å²) in [5, 5.41) is 28.8. The van der Waals surface area contributed by atoms with Crippen LogP contribution in [0.1, 0.15) is 38.4 Å². The number of nitrogens with one attached hydrogen (secondary N) is 1. The molecule has 3 N–H and O–H groups in total. The highest BCUT2D eigenvalue weighted by atomic mass is 16.5. The fourth-order valence-electron chi connectivity index (χ4n) is 1.38. The summed E-state index contributed by atoms with van der Waals surface area (Å²) in [5.74, 6) is -2.14. The average Bonchev–Trinajstić information content (AvgIpc) is 2.28. The molecular formula is C12H16N2O3. The molecule has 1 aromatic heterocycles. The second-order valence-corrected chi connectivity index (χ2v) is 4.64. The molecule has 17 heavy (non-hydrogen) atoms. The lowest BCUT2D eigenvalue weighted by molar-refractivity contribution is -0.247. The van der Waals surface area contributed by atoms with Gasteiger partial charge in [-0.3, -0.25) is 4.79 Å². The zero-order valence-electron chi connectivity index (χ0n) is 10.1. The van der Waals surface area contributed by atoms with Crippen molar-refractivity contribution in [3.63, 3.8) is 0 Å². The Morgan fingerprint density at radius 1 is 1.41 bits per heavy atom. The van der Waals surface area contributed by atoms with Crippen molar-refractivity contribution < 1.29 is 10.2 Å².